The van der Waals surface area contributed by atoms with Crippen LogP contribution in [0.1, 0.15) is 20.3 Å². The number of nitrogens with zero attached hydrogens (tertiary/aromatic N) is 4. The number of para-hydroxylation sites is 1. The van der Waals surface area contributed by atoms with Crippen molar-refractivity contribution in [2.24, 2.45) is 0 Å². The number of urea groups is 1. The molecule has 10 heteroatoms. The van der Waals surface area contributed by atoms with Gasteiger partial charge in [0, 0.05) is 11.4 Å². The zero-order valence-electron chi connectivity index (χ0n) is 17.2. The monoisotopic (exact) mass is 438 g/mol. The summed E-state index contributed by atoms with van der Waals surface area (Å²) < 4.78 is 6.97. The van der Waals surface area contributed by atoms with Crippen LogP contribution in [0.15, 0.2) is 59.2 Å². The lowest BCUT2D eigenvalue weighted by Gasteiger charge is -2.28. The number of carbonyl (C=O) groups excluding carboxylic acids is 2. The summed E-state index contributed by atoms with van der Waals surface area (Å²) in [5, 5.41) is 11.5. The number of benzene rings is 1. The molecule has 2 aromatic heterocycles. The maximum atomic E-state index is 12.5. The van der Waals surface area contributed by atoms with E-state index in [2.05, 4.69) is 25.7 Å². The first-order valence-electron chi connectivity index (χ1n) is 9.97. The molecule has 2 amide bonds. The third-order valence-electron chi connectivity index (χ3n) is 4.83. The molecule has 0 fully saturated rings. The van der Waals surface area contributed by atoms with Gasteiger partial charge in [0.05, 0.1) is 35.5 Å². The Bertz CT molecular complexity index is 1140. The molecule has 1 aromatic carbocycles. The molecule has 0 radical (unpaired) electrons. The molecule has 160 valence electrons. The molecular weight excluding hydrogens is 416 g/mol. The minimum atomic E-state index is -0.429. The van der Waals surface area contributed by atoms with Gasteiger partial charge in [-0.2, -0.15) is 5.10 Å². The number of ether oxygens (including phenoxy) is 1. The summed E-state index contributed by atoms with van der Waals surface area (Å²) >= 11 is 1.41. The molecule has 0 unspecified atom stereocenters. The van der Waals surface area contributed by atoms with Gasteiger partial charge in [-0.05, 0) is 25.5 Å². The van der Waals surface area contributed by atoms with Crippen LogP contribution >= 0.6 is 11.8 Å². The number of esters is 1. The zero-order valence-corrected chi connectivity index (χ0v) is 18.0. The molecule has 0 saturated heterocycles. The van der Waals surface area contributed by atoms with Crippen molar-refractivity contribution in [1.82, 2.24) is 30.4 Å². The molecule has 2 N–H and O–H groups in total. The van der Waals surface area contributed by atoms with E-state index < -0.39 is 12.0 Å². The molecule has 9 nitrogen and oxygen atoms in total. The van der Waals surface area contributed by atoms with Crippen LogP contribution in [-0.4, -0.2) is 50.2 Å². The van der Waals surface area contributed by atoms with Gasteiger partial charge in [-0.25, -0.2) is 24.2 Å². The number of carbonyl (C=O) groups is 2. The number of amides is 2. The van der Waals surface area contributed by atoms with Crippen LogP contribution in [0.5, 0.6) is 0 Å². The van der Waals surface area contributed by atoms with Crippen LogP contribution in [0.4, 0.5) is 4.79 Å². The topological polar surface area (TPSA) is 111 Å². The van der Waals surface area contributed by atoms with Gasteiger partial charge in [0.1, 0.15) is 11.4 Å². The fraction of sp³-hybridized carbons (Fsp3) is 0.286. The van der Waals surface area contributed by atoms with Crippen LogP contribution in [0.3, 0.4) is 0 Å². The van der Waals surface area contributed by atoms with E-state index in [4.69, 9.17) is 4.74 Å². The lowest BCUT2D eigenvalue weighted by Crippen LogP contribution is -2.50. The molecule has 0 bridgehead atoms. The van der Waals surface area contributed by atoms with Gasteiger partial charge < -0.3 is 15.4 Å². The number of hydrogen-bond donors (Lipinski definition) is 2. The molecule has 0 aliphatic carbocycles. The smallest absolute Gasteiger partial charge is 0.337 e. The number of aromatic nitrogens is 4. The van der Waals surface area contributed by atoms with Gasteiger partial charge in [-0.3, -0.25) is 0 Å². The molecule has 1 atom stereocenters. The zero-order chi connectivity index (χ0) is 21.8. The predicted molar refractivity (Wildman–Crippen MR) is 117 cm³/mol. The molecule has 31 heavy (non-hydrogen) atoms. The highest BCUT2D eigenvalue weighted by Gasteiger charge is 2.31. The molecule has 4 rings (SSSR count). The second-order valence-electron chi connectivity index (χ2n) is 6.77. The SMILES string of the molecule is CCOC(=O)C1=C(CSc2ncnc3c2cnn3-c2ccccc2)NC(=O)N[C@@H]1CC. The summed E-state index contributed by atoms with van der Waals surface area (Å²) in [5.41, 5.74) is 2.56. The molecule has 0 saturated carbocycles. The van der Waals surface area contributed by atoms with Crippen molar-refractivity contribution in [2.45, 2.75) is 31.3 Å². The maximum absolute atomic E-state index is 12.5. The van der Waals surface area contributed by atoms with Crippen molar-refractivity contribution in [2.75, 3.05) is 12.4 Å². The van der Waals surface area contributed by atoms with Gasteiger partial charge in [0.2, 0.25) is 0 Å². The summed E-state index contributed by atoms with van der Waals surface area (Å²) in [5.74, 6) is -0.0806. The highest BCUT2D eigenvalue weighted by atomic mass is 32.2. The number of thioether (sulfide) groups is 1. The Labute approximate surface area is 183 Å². The Kier molecular flexibility index (Phi) is 6.17. The quantitative estimate of drug-likeness (QED) is 0.331. The van der Waals surface area contributed by atoms with Crippen molar-refractivity contribution >= 4 is 34.8 Å². The van der Waals surface area contributed by atoms with Crippen molar-refractivity contribution in [3.8, 4) is 5.69 Å². The van der Waals surface area contributed by atoms with E-state index in [1.165, 1.54) is 18.1 Å². The maximum Gasteiger partial charge on any atom is 0.337 e. The Morgan fingerprint density at radius 3 is 2.77 bits per heavy atom. The van der Waals surface area contributed by atoms with Crippen molar-refractivity contribution in [3.63, 3.8) is 0 Å². The Morgan fingerprint density at radius 2 is 2.03 bits per heavy atom. The number of rotatable bonds is 7. The standard InChI is InChI=1S/C21H22N6O3S/c1-3-15-17(20(28)30-4-2)16(26-21(29)25-15)11-31-19-14-10-24-27(18(14)22-12-23-19)13-8-6-5-7-9-13/h5-10,12,15H,3-4,11H2,1-2H3,(H2,25,26,29)/t15-/m1/s1. The van der Waals surface area contributed by atoms with Crippen LogP contribution in [0.25, 0.3) is 16.7 Å². The van der Waals surface area contributed by atoms with Gasteiger partial charge >= 0.3 is 12.0 Å². The number of hydrogen-bond acceptors (Lipinski definition) is 7. The second kappa shape index (κ2) is 9.17. The Hall–Kier alpha value is -3.40. The Morgan fingerprint density at radius 1 is 1.23 bits per heavy atom. The van der Waals surface area contributed by atoms with Gasteiger partial charge in [-0.1, -0.05) is 36.9 Å². The summed E-state index contributed by atoms with van der Waals surface area (Å²) in [6.45, 7) is 3.93. The number of nitrogens with one attached hydrogen (secondary N) is 2. The third kappa shape index (κ3) is 4.24. The van der Waals surface area contributed by atoms with E-state index in [1.54, 1.807) is 17.8 Å². The summed E-state index contributed by atoms with van der Waals surface area (Å²) in [4.78, 5) is 33.4. The van der Waals surface area contributed by atoms with E-state index in [-0.39, 0.29) is 12.6 Å². The first kappa shape index (κ1) is 20.9. The first-order chi connectivity index (χ1) is 15.1. The fourth-order valence-corrected chi connectivity index (χ4v) is 4.34. The molecule has 1 aliphatic heterocycles. The minimum absolute atomic E-state index is 0.262. The highest BCUT2D eigenvalue weighted by molar-refractivity contribution is 7.99. The van der Waals surface area contributed by atoms with Crippen LogP contribution in [0.2, 0.25) is 0 Å². The van der Waals surface area contributed by atoms with E-state index in [9.17, 15) is 9.59 Å². The lowest BCUT2D eigenvalue weighted by atomic mass is 10.0. The van der Waals surface area contributed by atoms with E-state index >= 15 is 0 Å². The van der Waals surface area contributed by atoms with Gasteiger partial charge in [0.15, 0.2) is 5.65 Å². The van der Waals surface area contributed by atoms with Crippen molar-refractivity contribution in [1.29, 1.82) is 0 Å². The lowest BCUT2D eigenvalue weighted by molar-refractivity contribution is -0.139. The van der Waals surface area contributed by atoms with Crippen LogP contribution in [-0.2, 0) is 9.53 Å². The second-order valence-corrected chi connectivity index (χ2v) is 7.73. The van der Waals surface area contributed by atoms with Gasteiger partial charge in [0.25, 0.3) is 0 Å². The number of fused-ring (bicyclic) bond motifs is 1. The van der Waals surface area contributed by atoms with E-state index in [0.717, 1.165) is 11.1 Å². The normalized spacial score (nSPS) is 16.2. The Balaban J connectivity index is 1.65. The first-order valence-corrected chi connectivity index (χ1v) is 11.0. The minimum Gasteiger partial charge on any atom is -0.463 e. The summed E-state index contributed by atoms with van der Waals surface area (Å²) in [6, 6.07) is 8.99. The molecular formula is C21H22N6O3S. The van der Waals surface area contributed by atoms with Crippen LogP contribution in [0, 0.1) is 0 Å². The highest BCUT2D eigenvalue weighted by Crippen LogP contribution is 2.29. The average Bonchev–Trinajstić information content (AvgIpc) is 3.22. The molecule has 3 aromatic rings. The average molecular weight is 439 g/mol. The van der Waals surface area contributed by atoms with Gasteiger partial charge in [-0.15, -0.1) is 0 Å². The third-order valence-corrected chi connectivity index (χ3v) is 5.86. The van der Waals surface area contributed by atoms with Crippen LogP contribution < -0.4 is 10.6 Å². The largest absolute Gasteiger partial charge is 0.463 e. The molecule has 3 heterocycles. The summed E-state index contributed by atoms with van der Waals surface area (Å²) in [6.07, 6.45) is 3.79. The van der Waals surface area contributed by atoms with E-state index in [1.807, 2.05) is 37.3 Å². The van der Waals surface area contributed by atoms with Crippen molar-refractivity contribution in [3.05, 3.63) is 54.1 Å². The molecule has 0 spiro atoms. The fourth-order valence-electron chi connectivity index (χ4n) is 3.41. The van der Waals surface area contributed by atoms with E-state index in [0.29, 0.717) is 34.1 Å². The summed E-state index contributed by atoms with van der Waals surface area (Å²) in [7, 11) is 0. The predicted octanol–water partition coefficient (Wildman–Crippen LogP) is 2.82. The van der Waals surface area contributed by atoms with Crippen molar-refractivity contribution < 1.29 is 14.3 Å². The molecule has 1 aliphatic rings.